The number of rotatable bonds is 13. The van der Waals surface area contributed by atoms with Crippen LogP contribution in [0.25, 0.3) is 0 Å². The van der Waals surface area contributed by atoms with Crippen LogP contribution in [0.15, 0.2) is 60.7 Å². The lowest BCUT2D eigenvalue weighted by atomic mass is 9.64. The van der Waals surface area contributed by atoms with Crippen LogP contribution in [0.4, 0.5) is 0 Å². The normalized spacial score (nSPS) is 17.2. The van der Waals surface area contributed by atoms with E-state index in [1.165, 1.54) is 45.1 Å². The lowest BCUT2D eigenvalue weighted by molar-refractivity contribution is -0.123. The fourth-order valence-electron chi connectivity index (χ4n) is 5.39. The quantitative estimate of drug-likeness (QED) is 0.465. The van der Waals surface area contributed by atoms with Crippen LogP contribution in [0.1, 0.15) is 56.1 Å². The average Bonchev–Trinajstić information content (AvgIpc) is 3.26. The zero-order valence-electron chi connectivity index (χ0n) is 20.0. The van der Waals surface area contributed by atoms with Gasteiger partial charge in [-0.2, -0.15) is 0 Å². The topological polar surface area (TPSA) is 49.6 Å². The summed E-state index contributed by atoms with van der Waals surface area (Å²) in [6.07, 6.45) is 8.82. The number of carbonyl (C=O) groups is 1. The minimum absolute atomic E-state index is 0.191. The van der Waals surface area contributed by atoms with Gasteiger partial charge in [-0.05, 0) is 70.0 Å². The molecule has 3 rings (SSSR count). The Morgan fingerprint density at radius 2 is 1.44 bits per heavy atom. The predicted molar refractivity (Wildman–Crippen MR) is 134 cm³/mol. The number of hydrogen-bond donors (Lipinski definition) is 1. The molecular weight excluding hydrogens is 394 g/mol. The Labute approximate surface area is 194 Å². The van der Waals surface area contributed by atoms with Gasteiger partial charge >= 0.3 is 0 Å². The third-order valence-corrected chi connectivity index (χ3v) is 7.06. The Morgan fingerprint density at radius 1 is 0.906 bits per heavy atom. The summed E-state index contributed by atoms with van der Waals surface area (Å²) in [7, 11) is 4.29. The molecule has 2 aromatic carbocycles. The first-order valence-electron chi connectivity index (χ1n) is 12.3. The first-order valence-corrected chi connectivity index (χ1v) is 12.3. The average molecular weight is 436 g/mol. The number of nitrogens with two attached hydrogens (primary N) is 1. The molecule has 0 saturated carbocycles. The molecule has 1 aliphatic heterocycles. The third-order valence-electron chi connectivity index (χ3n) is 7.06. The lowest BCUT2D eigenvalue weighted by Crippen LogP contribution is -2.49. The summed E-state index contributed by atoms with van der Waals surface area (Å²) < 4.78 is 0. The van der Waals surface area contributed by atoms with E-state index in [4.69, 9.17) is 5.73 Å². The van der Waals surface area contributed by atoms with Gasteiger partial charge in [0.05, 0.1) is 0 Å². The molecule has 0 radical (unpaired) electrons. The van der Waals surface area contributed by atoms with Gasteiger partial charge in [-0.25, -0.2) is 0 Å². The van der Waals surface area contributed by atoms with E-state index < -0.39 is 5.41 Å². The van der Waals surface area contributed by atoms with Crippen LogP contribution in [0, 0.1) is 5.92 Å². The van der Waals surface area contributed by atoms with Crippen LogP contribution in [0.3, 0.4) is 0 Å². The highest BCUT2D eigenvalue weighted by molar-refractivity contribution is 5.91. The van der Waals surface area contributed by atoms with Crippen LogP contribution >= 0.6 is 0 Å². The van der Waals surface area contributed by atoms with Gasteiger partial charge in [0.1, 0.15) is 5.41 Å². The van der Waals surface area contributed by atoms with Crippen molar-refractivity contribution in [2.24, 2.45) is 11.7 Å². The number of hydrogen-bond acceptors (Lipinski definition) is 3. The highest BCUT2D eigenvalue weighted by Gasteiger charge is 2.49. The summed E-state index contributed by atoms with van der Waals surface area (Å²) in [6.45, 7) is 4.28. The van der Waals surface area contributed by atoms with Gasteiger partial charge in [-0.15, -0.1) is 0 Å². The van der Waals surface area contributed by atoms with Crippen molar-refractivity contribution in [3.63, 3.8) is 0 Å². The van der Waals surface area contributed by atoms with Crippen molar-refractivity contribution < 1.29 is 4.79 Å². The predicted octanol–water partition coefficient (Wildman–Crippen LogP) is 4.68. The van der Waals surface area contributed by atoms with E-state index >= 15 is 0 Å². The fraction of sp³-hybridized carbons (Fsp3) is 0.536. The molecule has 1 atom stereocenters. The van der Waals surface area contributed by atoms with Gasteiger partial charge in [0.2, 0.25) is 5.91 Å². The number of amides is 1. The van der Waals surface area contributed by atoms with Crippen molar-refractivity contribution in [1.82, 2.24) is 9.80 Å². The fourth-order valence-corrected chi connectivity index (χ4v) is 5.39. The molecule has 1 fully saturated rings. The number of unbranched alkanes of at least 4 members (excludes halogenated alkanes) is 5. The highest BCUT2D eigenvalue weighted by Crippen LogP contribution is 2.43. The molecule has 1 amide bonds. The van der Waals surface area contributed by atoms with Crippen LogP contribution in [0.2, 0.25) is 0 Å². The van der Waals surface area contributed by atoms with Crippen molar-refractivity contribution in [3.8, 4) is 0 Å². The number of carbonyl (C=O) groups excluding carboxylic acids is 1. The Kier molecular flexibility index (Phi) is 9.31. The maximum absolute atomic E-state index is 13.1. The summed E-state index contributed by atoms with van der Waals surface area (Å²) in [6, 6.07) is 20.3. The van der Waals surface area contributed by atoms with E-state index in [0.29, 0.717) is 0 Å². The molecule has 2 aromatic rings. The van der Waals surface area contributed by atoms with Crippen molar-refractivity contribution in [1.29, 1.82) is 0 Å². The molecule has 1 saturated heterocycles. The Balaban J connectivity index is 1.60. The van der Waals surface area contributed by atoms with Crippen molar-refractivity contribution in [3.05, 3.63) is 71.8 Å². The minimum Gasteiger partial charge on any atom is -0.369 e. The Bertz CT molecular complexity index is 766. The summed E-state index contributed by atoms with van der Waals surface area (Å²) in [5.41, 5.74) is 7.46. The van der Waals surface area contributed by atoms with Gasteiger partial charge < -0.3 is 15.5 Å². The van der Waals surface area contributed by atoms with Gasteiger partial charge in [0.15, 0.2) is 0 Å². The van der Waals surface area contributed by atoms with Gasteiger partial charge in [-0.1, -0.05) is 86.3 Å². The minimum atomic E-state index is -0.774. The molecule has 174 valence electrons. The first-order chi connectivity index (χ1) is 15.5. The molecule has 1 unspecified atom stereocenters. The molecule has 32 heavy (non-hydrogen) atoms. The van der Waals surface area contributed by atoms with E-state index in [2.05, 4.69) is 48.2 Å². The summed E-state index contributed by atoms with van der Waals surface area (Å²) >= 11 is 0. The molecule has 4 heteroatoms. The van der Waals surface area contributed by atoms with E-state index in [-0.39, 0.29) is 11.8 Å². The summed E-state index contributed by atoms with van der Waals surface area (Å²) in [4.78, 5) is 18.0. The molecule has 1 aliphatic rings. The standard InChI is InChI=1S/C28H41N3O/c1-30(2)20-13-5-3-4-6-14-21-31-22-19-26(23-31)28(27(29)32,24-15-9-7-10-16-24)25-17-11-8-12-18-25/h7-12,15-18,26H,3-6,13-14,19-23H2,1-2H3,(H2,29,32). The summed E-state index contributed by atoms with van der Waals surface area (Å²) in [5, 5.41) is 0. The molecule has 1 heterocycles. The second kappa shape index (κ2) is 12.2. The van der Waals surface area contributed by atoms with E-state index in [1.807, 2.05) is 36.4 Å². The SMILES string of the molecule is CN(C)CCCCCCCCN1CCC(C(C(N)=O)(c2ccccc2)c2ccccc2)C1. The molecule has 2 N–H and O–H groups in total. The largest absolute Gasteiger partial charge is 0.369 e. The molecule has 0 spiro atoms. The zero-order valence-corrected chi connectivity index (χ0v) is 20.0. The van der Waals surface area contributed by atoms with Crippen LogP contribution in [-0.4, -0.2) is 56.0 Å². The zero-order chi connectivity index (χ0) is 22.8. The third kappa shape index (κ3) is 5.99. The number of likely N-dealkylation sites (tertiary alicyclic amines) is 1. The smallest absolute Gasteiger partial charge is 0.232 e. The van der Waals surface area contributed by atoms with E-state index in [9.17, 15) is 4.79 Å². The van der Waals surface area contributed by atoms with Crippen molar-refractivity contribution in [2.75, 3.05) is 40.3 Å². The van der Waals surface area contributed by atoms with Gasteiger partial charge in [0.25, 0.3) is 0 Å². The molecule has 0 aliphatic carbocycles. The molecule has 4 nitrogen and oxygen atoms in total. The second-order valence-electron chi connectivity index (χ2n) is 9.62. The highest BCUT2D eigenvalue weighted by atomic mass is 16.1. The monoisotopic (exact) mass is 435 g/mol. The summed E-state index contributed by atoms with van der Waals surface area (Å²) in [5.74, 6) is -0.0460. The Morgan fingerprint density at radius 3 is 1.97 bits per heavy atom. The maximum atomic E-state index is 13.1. The van der Waals surface area contributed by atoms with E-state index in [0.717, 1.165) is 37.2 Å². The lowest BCUT2D eigenvalue weighted by Gasteiger charge is -2.37. The molecule has 0 aromatic heterocycles. The van der Waals surface area contributed by atoms with Crippen molar-refractivity contribution in [2.45, 2.75) is 50.4 Å². The number of primary amides is 1. The van der Waals surface area contributed by atoms with Crippen molar-refractivity contribution >= 4 is 5.91 Å². The second-order valence-corrected chi connectivity index (χ2v) is 9.62. The van der Waals surface area contributed by atoms with Gasteiger partial charge in [-0.3, -0.25) is 4.79 Å². The van der Waals surface area contributed by atoms with Crippen LogP contribution in [0.5, 0.6) is 0 Å². The van der Waals surface area contributed by atoms with Gasteiger partial charge in [0, 0.05) is 6.54 Å². The van der Waals surface area contributed by atoms with Crippen LogP contribution in [-0.2, 0) is 10.2 Å². The maximum Gasteiger partial charge on any atom is 0.232 e. The van der Waals surface area contributed by atoms with Crippen LogP contribution < -0.4 is 5.73 Å². The molecule has 0 bridgehead atoms. The molecular formula is C28H41N3O. The Hall–Kier alpha value is -2.17. The number of nitrogens with zero attached hydrogens (tertiary/aromatic N) is 2. The first kappa shape index (κ1) is 24.5. The van der Waals surface area contributed by atoms with E-state index in [1.54, 1.807) is 0 Å². The number of benzene rings is 2.